The van der Waals surface area contributed by atoms with E-state index in [0.29, 0.717) is 27.6 Å². The Morgan fingerprint density at radius 3 is 2.41 bits per heavy atom. The molecule has 0 aliphatic rings. The predicted molar refractivity (Wildman–Crippen MR) is 137 cm³/mol. The third-order valence-corrected chi connectivity index (χ3v) is 5.76. The van der Waals surface area contributed by atoms with E-state index in [4.69, 9.17) is 18.6 Å². The summed E-state index contributed by atoms with van der Waals surface area (Å²) >= 11 is 0. The molecule has 186 valence electrons. The maximum atomic E-state index is 13.5. The Kier molecular flexibility index (Phi) is 6.02. The predicted octanol–water partition coefficient (Wildman–Crippen LogP) is 4.63. The molecule has 3 aromatic carbocycles. The van der Waals surface area contributed by atoms with Gasteiger partial charge in [0.2, 0.25) is 5.82 Å². The van der Waals surface area contributed by atoms with Gasteiger partial charge in [0.25, 0.3) is 11.2 Å². The molecule has 0 unspecified atom stereocenters. The molecule has 37 heavy (non-hydrogen) atoms. The van der Waals surface area contributed by atoms with E-state index in [-0.39, 0.29) is 34.3 Å². The van der Waals surface area contributed by atoms with Crippen molar-refractivity contribution in [3.63, 3.8) is 0 Å². The number of fused-ring (bicyclic) bond motifs is 2. The molecule has 5 aromatic rings. The van der Waals surface area contributed by atoms with Crippen LogP contribution in [0.2, 0.25) is 0 Å². The van der Waals surface area contributed by atoms with E-state index in [1.54, 1.807) is 55.6 Å². The molecule has 0 bridgehead atoms. The Labute approximate surface area is 209 Å². The lowest BCUT2D eigenvalue weighted by molar-refractivity contribution is -0.385. The van der Waals surface area contributed by atoms with E-state index in [9.17, 15) is 14.9 Å². The highest BCUT2D eigenvalue weighted by molar-refractivity contribution is 5.89. The minimum absolute atomic E-state index is 0.0972. The van der Waals surface area contributed by atoms with Crippen LogP contribution < -0.4 is 19.8 Å². The molecule has 0 saturated heterocycles. The number of ether oxygens (including phenoxy) is 3. The van der Waals surface area contributed by atoms with E-state index < -0.39 is 10.5 Å². The number of benzene rings is 3. The molecule has 2 aromatic heterocycles. The topological polar surface area (TPSA) is 131 Å². The minimum Gasteiger partial charge on any atom is -0.496 e. The van der Waals surface area contributed by atoms with Gasteiger partial charge in [-0.05, 0) is 36.4 Å². The summed E-state index contributed by atoms with van der Waals surface area (Å²) in [4.78, 5) is 29.3. The van der Waals surface area contributed by atoms with Gasteiger partial charge in [-0.25, -0.2) is 4.98 Å². The maximum Gasteiger partial charge on any atom is 0.282 e. The summed E-state index contributed by atoms with van der Waals surface area (Å²) < 4.78 is 22.9. The van der Waals surface area contributed by atoms with E-state index in [2.05, 4.69) is 10.1 Å². The molecule has 0 radical (unpaired) electrons. The van der Waals surface area contributed by atoms with Gasteiger partial charge in [0, 0.05) is 0 Å². The van der Waals surface area contributed by atoms with Gasteiger partial charge in [-0.1, -0.05) is 18.2 Å². The lowest BCUT2D eigenvalue weighted by Gasteiger charge is -2.09. The first kappa shape index (κ1) is 23.5. The Balaban J connectivity index is 1.75. The molecule has 0 aliphatic carbocycles. The van der Waals surface area contributed by atoms with Crippen molar-refractivity contribution in [3.8, 4) is 28.8 Å². The van der Waals surface area contributed by atoms with E-state index >= 15 is 0 Å². The van der Waals surface area contributed by atoms with Crippen molar-refractivity contribution in [1.82, 2.24) is 9.66 Å². The first-order valence-electron chi connectivity index (χ1n) is 11.0. The van der Waals surface area contributed by atoms with Gasteiger partial charge in [0.05, 0.1) is 60.4 Å². The molecule has 0 saturated carbocycles. The van der Waals surface area contributed by atoms with Crippen molar-refractivity contribution >= 4 is 33.8 Å². The SMILES string of the molecule is COc1cc(C=Nn2c(-c3cc4c(OC)cccc4o3)nc3ccccc3c2=O)c([N+](=O)[O-])cc1OC. The molecule has 0 fully saturated rings. The van der Waals surface area contributed by atoms with Gasteiger partial charge in [-0.2, -0.15) is 9.78 Å². The second kappa shape index (κ2) is 9.46. The third kappa shape index (κ3) is 4.12. The molecule has 0 amide bonds. The number of nitro groups is 1. The number of aromatic nitrogens is 2. The average Bonchev–Trinajstić information content (AvgIpc) is 3.36. The first-order chi connectivity index (χ1) is 17.9. The maximum absolute atomic E-state index is 13.5. The monoisotopic (exact) mass is 500 g/mol. The van der Waals surface area contributed by atoms with Crippen LogP contribution in [-0.4, -0.2) is 42.1 Å². The molecule has 0 aliphatic heterocycles. The molecule has 11 heteroatoms. The Hall–Kier alpha value is -5.19. The van der Waals surface area contributed by atoms with Crippen LogP contribution in [0.4, 0.5) is 5.69 Å². The van der Waals surface area contributed by atoms with Crippen LogP contribution >= 0.6 is 0 Å². The van der Waals surface area contributed by atoms with Gasteiger partial charge in [0.15, 0.2) is 17.3 Å². The summed E-state index contributed by atoms with van der Waals surface area (Å²) in [5, 5.41) is 17.1. The average molecular weight is 500 g/mol. The summed E-state index contributed by atoms with van der Waals surface area (Å²) in [6, 6.07) is 16.5. The first-order valence-corrected chi connectivity index (χ1v) is 11.0. The Morgan fingerprint density at radius 1 is 0.946 bits per heavy atom. The summed E-state index contributed by atoms with van der Waals surface area (Å²) in [5.74, 6) is 1.42. The summed E-state index contributed by atoms with van der Waals surface area (Å²) in [6.45, 7) is 0. The molecular formula is C26H20N4O7. The zero-order chi connectivity index (χ0) is 26.1. The number of furan rings is 1. The second-order valence-corrected chi connectivity index (χ2v) is 7.82. The lowest BCUT2D eigenvalue weighted by atomic mass is 10.1. The van der Waals surface area contributed by atoms with Crippen LogP contribution in [0, 0.1) is 10.1 Å². The number of methoxy groups -OCH3 is 3. The fourth-order valence-electron chi connectivity index (χ4n) is 3.98. The van der Waals surface area contributed by atoms with Crippen molar-refractivity contribution in [2.24, 2.45) is 5.10 Å². The highest BCUT2D eigenvalue weighted by Crippen LogP contribution is 2.35. The zero-order valence-corrected chi connectivity index (χ0v) is 20.0. The van der Waals surface area contributed by atoms with Gasteiger partial charge < -0.3 is 18.6 Å². The van der Waals surface area contributed by atoms with Crippen LogP contribution in [0.25, 0.3) is 33.5 Å². The van der Waals surface area contributed by atoms with Crippen LogP contribution in [0.1, 0.15) is 5.56 Å². The highest BCUT2D eigenvalue weighted by atomic mass is 16.6. The summed E-state index contributed by atoms with van der Waals surface area (Å²) in [6.07, 6.45) is 1.20. The molecule has 0 atom stereocenters. The minimum atomic E-state index is -0.572. The molecule has 11 nitrogen and oxygen atoms in total. The fraction of sp³-hybridized carbons (Fsp3) is 0.115. The number of rotatable bonds is 7. The lowest BCUT2D eigenvalue weighted by Crippen LogP contribution is -2.20. The third-order valence-electron chi connectivity index (χ3n) is 5.76. The van der Waals surface area contributed by atoms with Crippen molar-refractivity contribution in [1.29, 1.82) is 0 Å². The molecule has 5 rings (SSSR count). The van der Waals surface area contributed by atoms with E-state index in [1.807, 2.05) is 0 Å². The fourth-order valence-corrected chi connectivity index (χ4v) is 3.98. The summed E-state index contributed by atoms with van der Waals surface area (Å²) in [7, 11) is 4.34. The van der Waals surface area contributed by atoms with Crippen LogP contribution in [-0.2, 0) is 0 Å². The van der Waals surface area contributed by atoms with Crippen molar-refractivity contribution < 1.29 is 23.6 Å². The number of nitrogens with zero attached hydrogens (tertiary/aromatic N) is 4. The van der Waals surface area contributed by atoms with Crippen LogP contribution in [0.5, 0.6) is 17.2 Å². The van der Waals surface area contributed by atoms with Crippen LogP contribution in [0.3, 0.4) is 0 Å². The summed E-state index contributed by atoms with van der Waals surface area (Å²) in [5.41, 5.74) is 0.312. The molecule has 0 N–H and O–H groups in total. The van der Waals surface area contributed by atoms with Gasteiger partial charge >= 0.3 is 0 Å². The standard InChI is InChI=1S/C26H20N4O7/c1-34-20-9-6-10-21-17(20)12-24(37-21)25-28-18-8-5-4-7-16(18)26(31)29(25)27-14-15-11-22(35-2)23(36-3)13-19(15)30(32)33/h4-14H,1-3H3. The molecular weight excluding hydrogens is 480 g/mol. The van der Waals surface area contributed by atoms with Crippen molar-refractivity contribution in [2.45, 2.75) is 0 Å². The highest BCUT2D eigenvalue weighted by Gasteiger charge is 2.20. The number of nitro benzene ring substituents is 1. The van der Waals surface area contributed by atoms with E-state index in [1.165, 1.54) is 32.6 Å². The largest absolute Gasteiger partial charge is 0.496 e. The van der Waals surface area contributed by atoms with E-state index in [0.717, 1.165) is 4.68 Å². The Bertz CT molecular complexity index is 1750. The van der Waals surface area contributed by atoms with Crippen LogP contribution in [0.15, 0.2) is 75.0 Å². The normalized spacial score (nSPS) is 11.3. The smallest absolute Gasteiger partial charge is 0.282 e. The van der Waals surface area contributed by atoms with Gasteiger partial charge in [0.1, 0.15) is 11.3 Å². The van der Waals surface area contributed by atoms with Crippen molar-refractivity contribution in [3.05, 3.63) is 86.7 Å². The van der Waals surface area contributed by atoms with Gasteiger partial charge in [-0.15, -0.1) is 0 Å². The molecule has 2 heterocycles. The van der Waals surface area contributed by atoms with Crippen molar-refractivity contribution in [2.75, 3.05) is 21.3 Å². The number of para-hydroxylation sites is 1. The number of hydrogen-bond acceptors (Lipinski definition) is 9. The quantitative estimate of drug-likeness (QED) is 0.180. The number of hydrogen-bond donors (Lipinski definition) is 0. The zero-order valence-electron chi connectivity index (χ0n) is 20.0. The Morgan fingerprint density at radius 2 is 1.68 bits per heavy atom. The molecule has 0 spiro atoms. The van der Waals surface area contributed by atoms with Gasteiger partial charge in [-0.3, -0.25) is 14.9 Å². The second-order valence-electron chi connectivity index (χ2n) is 7.82.